The van der Waals surface area contributed by atoms with Crippen molar-refractivity contribution in [2.75, 3.05) is 13.7 Å². The van der Waals surface area contributed by atoms with Crippen LogP contribution in [0.4, 0.5) is 0 Å². The first kappa shape index (κ1) is 14.8. The van der Waals surface area contributed by atoms with Gasteiger partial charge in [0.1, 0.15) is 6.04 Å². The lowest BCUT2D eigenvalue weighted by atomic mass is 9.97. The molecule has 0 amide bonds. The van der Waals surface area contributed by atoms with Crippen molar-refractivity contribution in [2.24, 2.45) is 0 Å². The number of piperidine rings is 1. The molecule has 1 N–H and O–H groups in total. The average Bonchev–Trinajstić information content (AvgIpc) is 3.19. The van der Waals surface area contributed by atoms with Gasteiger partial charge in [-0.2, -0.15) is 0 Å². The molecule has 0 radical (unpaired) electrons. The summed E-state index contributed by atoms with van der Waals surface area (Å²) in [4.78, 5) is 14.4. The minimum Gasteiger partial charge on any atom is -0.468 e. The average molecular weight is 268 g/mol. The molecular formula is C15H28N2O2. The van der Waals surface area contributed by atoms with E-state index in [4.69, 9.17) is 4.74 Å². The topological polar surface area (TPSA) is 41.6 Å². The molecule has 2 fully saturated rings. The molecule has 0 aromatic heterocycles. The number of esters is 1. The van der Waals surface area contributed by atoms with E-state index >= 15 is 0 Å². The second kappa shape index (κ2) is 6.71. The predicted octanol–water partition coefficient (Wildman–Crippen LogP) is 1.93. The van der Waals surface area contributed by atoms with Gasteiger partial charge in [0.05, 0.1) is 7.11 Å². The van der Waals surface area contributed by atoms with Crippen LogP contribution in [-0.2, 0) is 9.53 Å². The Bertz CT molecular complexity index is 295. The summed E-state index contributed by atoms with van der Waals surface area (Å²) in [6, 6.07) is 1.70. The molecule has 1 aliphatic carbocycles. The SMILES string of the molecule is COC(=O)C(CCN1[C@H](C)CCC[C@@H]1C)NC1CC1. The van der Waals surface area contributed by atoms with Crippen LogP contribution in [0.1, 0.15) is 52.4 Å². The molecule has 1 aliphatic heterocycles. The predicted molar refractivity (Wildman–Crippen MR) is 76.1 cm³/mol. The third kappa shape index (κ3) is 4.18. The first-order valence-corrected chi connectivity index (χ1v) is 7.71. The molecule has 2 aliphatic rings. The van der Waals surface area contributed by atoms with Crippen molar-refractivity contribution in [3.63, 3.8) is 0 Å². The summed E-state index contributed by atoms with van der Waals surface area (Å²) in [5, 5.41) is 3.41. The Labute approximate surface area is 116 Å². The first-order chi connectivity index (χ1) is 9.11. The number of rotatable bonds is 6. The van der Waals surface area contributed by atoms with E-state index in [0.717, 1.165) is 13.0 Å². The zero-order valence-electron chi connectivity index (χ0n) is 12.5. The molecule has 4 heteroatoms. The summed E-state index contributed by atoms with van der Waals surface area (Å²) in [7, 11) is 1.48. The van der Waals surface area contributed by atoms with Gasteiger partial charge < -0.3 is 10.1 Å². The van der Waals surface area contributed by atoms with Gasteiger partial charge in [0.25, 0.3) is 0 Å². The van der Waals surface area contributed by atoms with Crippen LogP contribution < -0.4 is 5.32 Å². The van der Waals surface area contributed by atoms with Crippen LogP contribution in [0, 0.1) is 0 Å². The maximum atomic E-state index is 11.8. The number of carbonyl (C=O) groups excluding carboxylic acids is 1. The third-order valence-electron chi connectivity index (χ3n) is 4.55. The lowest BCUT2D eigenvalue weighted by Crippen LogP contribution is -2.47. The van der Waals surface area contributed by atoms with E-state index < -0.39 is 0 Å². The number of likely N-dealkylation sites (tertiary alicyclic amines) is 1. The van der Waals surface area contributed by atoms with Gasteiger partial charge in [-0.25, -0.2) is 0 Å². The third-order valence-corrected chi connectivity index (χ3v) is 4.55. The van der Waals surface area contributed by atoms with Crippen LogP contribution in [-0.4, -0.2) is 48.7 Å². The van der Waals surface area contributed by atoms with Crippen LogP contribution in [0.25, 0.3) is 0 Å². The standard InChI is InChI=1S/C15H28N2O2/c1-11-5-4-6-12(2)17(11)10-9-14(15(18)19-3)16-13-7-8-13/h11-14,16H,4-10H2,1-3H3/t11-,12+,14?. The molecule has 1 saturated heterocycles. The Morgan fingerprint density at radius 3 is 2.42 bits per heavy atom. The molecule has 0 aromatic rings. The monoisotopic (exact) mass is 268 g/mol. The number of nitrogens with zero attached hydrogens (tertiary/aromatic N) is 1. The Hall–Kier alpha value is -0.610. The molecule has 110 valence electrons. The maximum absolute atomic E-state index is 11.8. The van der Waals surface area contributed by atoms with Gasteiger partial charge in [-0.3, -0.25) is 9.69 Å². The molecule has 19 heavy (non-hydrogen) atoms. The van der Waals surface area contributed by atoms with Gasteiger partial charge in [-0.1, -0.05) is 6.42 Å². The molecule has 0 aromatic carbocycles. The van der Waals surface area contributed by atoms with E-state index in [0.29, 0.717) is 18.1 Å². The van der Waals surface area contributed by atoms with E-state index in [2.05, 4.69) is 24.1 Å². The van der Waals surface area contributed by atoms with E-state index in [-0.39, 0.29) is 12.0 Å². The minimum atomic E-state index is -0.126. The highest BCUT2D eigenvalue weighted by Gasteiger charge is 2.31. The fraction of sp³-hybridized carbons (Fsp3) is 0.933. The van der Waals surface area contributed by atoms with Crippen LogP contribution in [0.5, 0.6) is 0 Å². The summed E-state index contributed by atoms with van der Waals surface area (Å²) in [6.45, 7) is 5.59. The van der Waals surface area contributed by atoms with Crippen LogP contribution >= 0.6 is 0 Å². The molecule has 1 saturated carbocycles. The van der Waals surface area contributed by atoms with Gasteiger partial charge in [-0.05, 0) is 46.0 Å². The van der Waals surface area contributed by atoms with E-state index in [1.165, 1.54) is 39.2 Å². The summed E-state index contributed by atoms with van der Waals surface area (Å²) in [6.07, 6.45) is 7.15. The maximum Gasteiger partial charge on any atom is 0.322 e. The second-order valence-electron chi connectivity index (χ2n) is 6.17. The molecule has 2 rings (SSSR count). The number of hydrogen-bond acceptors (Lipinski definition) is 4. The minimum absolute atomic E-state index is 0.107. The molecule has 0 spiro atoms. The molecule has 3 atom stereocenters. The van der Waals surface area contributed by atoms with Crippen LogP contribution in [0.3, 0.4) is 0 Å². The Kier molecular flexibility index (Phi) is 5.22. The Morgan fingerprint density at radius 2 is 1.89 bits per heavy atom. The second-order valence-corrected chi connectivity index (χ2v) is 6.17. The lowest BCUT2D eigenvalue weighted by molar-refractivity contribution is -0.143. The molecular weight excluding hydrogens is 240 g/mol. The summed E-state index contributed by atoms with van der Waals surface area (Å²) >= 11 is 0. The normalized spacial score (nSPS) is 30.1. The number of carbonyl (C=O) groups is 1. The first-order valence-electron chi connectivity index (χ1n) is 7.71. The fourth-order valence-corrected chi connectivity index (χ4v) is 3.14. The smallest absolute Gasteiger partial charge is 0.322 e. The lowest BCUT2D eigenvalue weighted by Gasteiger charge is -2.39. The van der Waals surface area contributed by atoms with E-state index in [1.54, 1.807) is 0 Å². The number of methoxy groups -OCH3 is 1. The summed E-state index contributed by atoms with van der Waals surface area (Å²) < 4.78 is 4.91. The highest BCUT2D eigenvalue weighted by molar-refractivity contribution is 5.75. The number of ether oxygens (including phenoxy) is 1. The molecule has 0 bridgehead atoms. The van der Waals surface area contributed by atoms with E-state index in [1.807, 2.05) is 0 Å². The van der Waals surface area contributed by atoms with Gasteiger partial charge >= 0.3 is 5.97 Å². The molecule has 4 nitrogen and oxygen atoms in total. The largest absolute Gasteiger partial charge is 0.468 e. The Morgan fingerprint density at radius 1 is 1.26 bits per heavy atom. The number of nitrogens with one attached hydrogen (secondary N) is 1. The van der Waals surface area contributed by atoms with Crippen molar-refractivity contribution in [1.29, 1.82) is 0 Å². The van der Waals surface area contributed by atoms with Crippen molar-refractivity contribution < 1.29 is 9.53 Å². The number of hydrogen-bond donors (Lipinski definition) is 1. The highest BCUT2D eigenvalue weighted by atomic mass is 16.5. The van der Waals surface area contributed by atoms with Crippen molar-refractivity contribution in [3.8, 4) is 0 Å². The molecule has 1 unspecified atom stereocenters. The quantitative estimate of drug-likeness (QED) is 0.748. The van der Waals surface area contributed by atoms with Crippen molar-refractivity contribution in [3.05, 3.63) is 0 Å². The van der Waals surface area contributed by atoms with Crippen molar-refractivity contribution >= 4 is 5.97 Å². The zero-order chi connectivity index (χ0) is 13.8. The van der Waals surface area contributed by atoms with Gasteiger partial charge in [0.15, 0.2) is 0 Å². The molecule has 1 heterocycles. The fourth-order valence-electron chi connectivity index (χ4n) is 3.14. The van der Waals surface area contributed by atoms with Crippen LogP contribution in [0.15, 0.2) is 0 Å². The summed E-state index contributed by atoms with van der Waals surface area (Å²) in [5.41, 5.74) is 0. The van der Waals surface area contributed by atoms with Gasteiger partial charge in [-0.15, -0.1) is 0 Å². The van der Waals surface area contributed by atoms with Crippen LogP contribution in [0.2, 0.25) is 0 Å². The van der Waals surface area contributed by atoms with Crippen molar-refractivity contribution in [1.82, 2.24) is 10.2 Å². The Balaban J connectivity index is 1.84. The van der Waals surface area contributed by atoms with Gasteiger partial charge in [0, 0.05) is 24.7 Å². The van der Waals surface area contributed by atoms with Gasteiger partial charge in [0.2, 0.25) is 0 Å². The zero-order valence-corrected chi connectivity index (χ0v) is 12.5. The van der Waals surface area contributed by atoms with E-state index in [9.17, 15) is 4.79 Å². The highest BCUT2D eigenvalue weighted by Crippen LogP contribution is 2.24. The summed E-state index contributed by atoms with van der Waals surface area (Å²) in [5.74, 6) is -0.107. The van der Waals surface area contributed by atoms with Crippen molar-refractivity contribution in [2.45, 2.75) is 76.5 Å².